The Morgan fingerprint density at radius 1 is 1.09 bits per heavy atom. The van der Waals surface area contributed by atoms with E-state index in [0.717, 1.165) is 6.42 Å². The Bertz CT molecular complexity index is 660. The molecule has 0 aromatic carbocycles. The van der Waals surface area contributed by atoms with Gasteiger partial charge in [-0.25, -0.2) is 0 Å². The maximum absolute atomic E-state index is 13.5. The van der Waals surface area contributed by atoms with Gasteiger partial charge in [-0.3, -0.25) is 14.4 Å². The summed E-state index contributed by atoms with van der Waals surface area (Å²) < 4.78 is 5.05. The summed E-state index contributed by atoms with van der Waals surface area (Å²) in [6.07, 6.45) is 8.91. The van der Waals surface area contributed by atoms with Gasteiger partial charge in [-0.05, 0) is 30.1 Å². The Hall–Kier alpha value is -1.71. The zero-order valence-electron chi connectivity index (χ0n) is 13.7. The number of ether oxygens (including phenoxy) is 1. The lowest BCUT2D eigenvalue weighted by Gasteiger charge is -2.51. The summed E-state index contributed by atoms with van der Waals surface area (Å²) in [6, 6.07) is 0. The highest BCUT2D eigenvalue weighted by molar-refractivity contribution is 6.14. The van der Waals surface area contributed by atoms with E-state index in [1.54, 1.807) is 0 Å². The summed E-state index contributed by atoms with van der Waals surface area (Å²) in [4.78, 5) is 39.6. The molecule has 0 aromatic heterocycles. The van der Waals surface area contributed by atoms with Crippen molar-refractivity contribution in [3.63, 3.8) is 0 Å². The highest BCUT2D eigenvalue weighted by Crippen LogP contribution is 2.61. The number of esters is 1. The van der Waals surface area contributed by atoms with Crippen LogP contribution in [0.25, 0.3) is 0 Å². The van der Waals surface area contributed by atoms with Crippen molar-refractivity contribution in [2.24, 2.45) is 46.8 Å². The van der Waals surface area contributed by atoms with E-state index in [1.165, 1.54) is 7.11 Å². The number of fused-ring (bicyclic) bond motifs is 6. The standard InChI is InChI=1S/C19H22O4/c1-9-4-5-10(2)19(18(22)23-3)15(9)16(20)13-11-6-7-12(8-11)14(13)17(19)21/h4-7,9-15H,8H2,1-3H3/t9-,10+,11-,12+,13?,14?,15?,19?/m0/s1. The molecule has 4 heteroatoms. The first-order valence-corrected chi connectivity index (χ1v) is 8.47. The third-order valence-electron chi connectivity index (χ3n) is 6.77. The monoisotopic (exact) mass is 314 g/mol. The van der Waals surface area contributed by atoms with Crippen molar-refractivity contribution in [1.82, 2.24) is 0 Å². The Kier molecular flexibility index (Phi) is 3.00. The number of Topliss-reactive ketones (excluding diaryl/α,β-unsaturated/α-hetero) is 2. The van der Waals surface area contributed by atoms with Gasteiger partial charge in [0.2, 0.25) is 0 Å². The molecule has 4 nitrogen and oxygen atoms in total. The molecule has 0 aromatic rings. The van der Waals surface area contributed by atoms with Gasteiger partial charge in [0.15, 0.2) is 5.78 Å². The van der Waals surface area contributed by atoms with Gasteiger partial charge in [-0.2, -0.15) is 0 Å². The van der Waals surface area contributed by atoms with Crippen LogP contribution in [0, 0.1) is 46.8 Å². The predicted octanol–water partition coefficient (Wildman–Crippen LogP) is 2.19. The molecular weight excluding hydrogens is 292 g/mol. The van der Waals surface area contributed by atoms with Crippen molar-refractivity contribution in [3.8, 4) is 0 Å². The van der Waals surface area contributed by atoms with Crippen molar-refractivity contribution in [3.05, 3.63) is 24.3 Å². The molecule has 0 spiro atoms. The minimum atomic E-state index is -1.33. The van der Waals surface area contributed by atoms with Crippen LogP contribution in [0.3, 0.4) is 0 Å². The van der Waals surface area contributed by atoms with E-state index in [1.807, 2.05) is 26.0 Å². The van der Waals surface area contributed by atoms with Crippen LogP contribution in [-0.4, -0.2) is 24.6 Å². The van der Waals surface area contributed by atoms with Crippen LogP contribution >= 0.6 is 0 Å². The molecule has 0 radical (unpaired) electrons. The maximum Gasteiger partial charge on any atom is 0.320 e. The summed E-state index contributed by atoms with van der Waals surface area (Å²) >= 11 is 0. The fourth-order valence-corrected chi connectivity index (χ4v) is 5.80. The van der Waals surface area contributed by atoms with Crippen LogP contribution in [0.2, 0.25) is 0 Å². The number of carbonyl (C=O) groups excluding carboxylic acids is 3. The van der Waals surface area contributed by atoms with Crippen LogP contribution in [0.4, 0.5) is 0 Å². The maximum atomic E-state index is 13.5. The van der Waals surface area contributed by atoms with Crippen LogP contribution in [-0.2, 0) is 19.1 Å². The largest absolute Gasteiger partial charge is 0.468 e. The van der Waals surface area contributed by atoms with E-state index in [2.05, 4.69) is 12.2 Å². The van der Waals surface area contributed by atoms with Gasteiger partial charge in [0.1, 0.15) is 11.2 Å². The molecule has 0 amide bonds. The Morgan fingerprint density at radius 3 is 2.39 bits per heavy atom. The second-order valence-corrected chi connectivity index (χ2v) is 7.64. The molecule has 2 saturated carbocycles. The first kappa shape index (κ1) is 14.9. The molecule has 0 heterocycles. The molecule has 4 aliphatic rings. The lowest BCUT2D eigenvalue weighted by molar-refractivity contribution is -0.179. The van der Waals surface area contributed by atoms with Crippen molar-refractivity contribution < 1.29 is 19.1 Å². The highest BCUT2D eigenvalue weighted by atomic mass is 16.5. The molecule has 0 saturated heterocycles. The van der Waals surface area contributed by atoms with Crippen LogP contribution in [0.5, 0.6) is 0 Å². The molecule has 4 rings (SSSR count). The van der Waals surface area contributed by atoms with Crippen LogP contribution in [0.15, 0.2) is 24.3 Å². The van der Waals surface area contributed by atoms with Crippen LogP contribution in [0.1, 0.15) is 20.3 Å². The molecule has 2 fully saturated rings. The summed E-state index contributed by atoms with van der Waals surface area (Å²) in [5.74, 6) is -1.80. The molecule has 4 unspecified atom stereocenters. The SMILES string of the molecule is COC(=O)C12C(=O)C3C(C(=O)C1[C@@H](C)C=C[C@H]2C)[C@H]1C=C[C@@H]3C1. The van der Waals surface area contributed by atoms with E-state index in [-0.39, 0.29) is 47.1 Å². The predicted molar refractivity (Wildman–Crippen MR) is 83.1 cm³/mol. The zero-order chi connectivity index (χ0) is 16.5. The van der Waals surface area contributed by atoms with Crippen LogP contribution < -0.4 is 0 Å². The minimum absolute atomic E-state index is 0.0560. The number of hydrogen-bond acceptors (Lipinski definition) is 4. The van der Waals surface area contributed by atoms with Crippen molar-refractivity contribution in [2.75, 3.05) is 7.11 Å². The van der Waals surface area contributed by atoms with Gasteiger partial charge in [0.05, 0.1) is 7.11 Å². The average Bonchev–Trinajstić information content (AvgIpc) is 3.15. The smallest absolute Gasteiger partial charge is 0.320 e. The second kappa shape index (κ2) is 4.65. The van der Waals surface area contributed by atoms with Gasteiger partial charge in [0.25, 0.3) is 0 Å². The fraction of sp³-hybridized carbons (Fsp3) is 0.632. The molecule has 0 aliphatic heterocycles. The summed E-state index contributed by atoms with van der Waals surface area (Å²) in [5.41, 5.74) is -1.33. The van der Waals surface area contributed by atoms with Gasteiger partial charge in [0, 0.05) is 17.8 Å². The summed E-state index contributed by atoms with van der Waals surface area (Å²) in [7, 11) is 1.31. The molecule has 8 atom stereocenters. The normalized spacial score (nSPS) is 50.0. The summed E-state index contributed by atoms with van der Waals surface area (Å²) in [6.45, 7) is 3.79. The fourth-order valence-electron chi connectivity index (χ4n) is 5.80. The van der Waals surface area contributed by atoms with E-state index in [9.17, 15) is 14.4 Å². The lowest BCUT2D eigenvalue weighted by Crippen LogP contribution is -2.64. The topological polar surface area (TPSA) is 60.4 Å². The zero-order valence-corrected chi connectivity index (χ0v) is 13.7. The molecule has 2 bridgehead atoms. The lowest BCUT2D eigenvalue weighted by atomic mass is 9.48. The molecule has 0 N–H and O–H groups in total. The molecular formula is C19H22O4. The Morgan fingerprint density at radius 2 is 1.74 bits per heavy atom. The number of ketones is 2. The van der Waals surface area contributed by atoms with Gasteiger partial charge < -0.3 is 4.74 Å². The minimum Gasteiger partial charge on any atom is -0.468 e. The number of allylic oxidation sites excluding steroid dienone is 4. The second-order valence-electron chi connectivity index (χ2n) is 7.64. The van der Waals surface area contributed by atoms with Crippen molar-refractivity contribution >= 4 is 17.5 Å². The van der Waals surface area contributed by atoms with Gasteiger partial charge in [-0.15, -0.1) is 0 Å². The first-order valence-electron chi connectivity index (χ1n) is 8.47. The number of methoxy groups -OCH3 is 1. The average molecular weight is 314 g/mol. The number of hydrogen-bond donors (Lipinski definition) is 0. The Labute approximate surface area is 136 Å². The number of carbonyl (C=O) groups is 3. The summed E-state index contributed by atoms with van der Waals surface area (Å²) in [5, 5.41) is 0. The number of rotatable bonds is 1. The molecule has 23 heavy (non-hydrogen) atoms. The van der Waals surface area contributed by atoms with E-state index < -0.39 is 17.3 Å². The van der Waals surface area contributed by atoms with Crippen molar-refractivity contribution in [2.45, 2.75) is 20.3 Å². The third kappa shape index (κ3) is 1.54. The molecule has 122 valence electrons. The Balaban J connectivity index is 1.93. The first-order chi connectivity index (χ1) is 10.9. The van der Waals surface area contributed by atoms with E-state index in [4.69, 9.17) is 4.74 Å². The van der Waals surface area contributed by atoms with E-state index >= 15 is 0 Å². The molecule has 4 aliphatic carbocycles. The third-order valence-corrected chi connectivity index (χ3v) is 6.77. The van der Waals surface area contributed by atoms with Gasteiger partial charge >= 0.3 is 5.97 Å². The van der Waals surface area contributed by atoms with Gasteiger partial charge in [-0.1, -0.05) is 38.2 Å². The quantitative estimate of drug-likeness (QED) is 0.423. The van der Waals surface area contributed by atoms with E-state index in [0.29, 0.717) is 0 Å². The van der Waals surface area contributed by atoms with Crippen molar-refractivity contribution in [1.29, 1.82) is 0 Å². The highest BCUT2D eigenvalue weighted by Gasteiger charge is 2.70.